The van der Waals surface area contributed by atoms with Crippen molar-refractivity contribution in [2.45, 2.75) is 18.0 Å². The summed E-state index contributed by atoms with van der Waals surface area (Å²) in [6.07, 6.45) is 0. The molecule has 4 atom stereocenters. The number of nitrogens with one attached hydrogen (secondary N) is 1. The summed E-state index contributed by atoms with van der Waals surface area (Å²) in [6.45, 7) is 0.761. The van der Waals surface area contributed by atoms with Gasteiger partial charge in [0.1, 0.15) is 5.75 Å². The van der Waals surface area contributed by atoms with Gasteiger partial charge in [-0.3, -0.25) is 0 Å². The van der Waals surface area contributed by atoms with Crippen LogP contribution in [0, 0.1) is 5.92 Å². The van der Waals surface area contributed by atoms with E-state index in [1.165, 1.54) is 16.7 Å². The van der Waals surface area contributed by atoms with E-state index in [2.05, 4.69) is 90.2 Å². The van der Waals surface area contributed by atoms with Crippen LogP contribution in [0.2, 0.25) is 0 Å². The highest BCUT2D eigenvalue weighted by molar-refractivity contribution is 5.42. The highest BCUT2D eigenvalue weighted by Crippen LogP contribution is 2.52. The van der Waals surface area contributed by atoms with Crippen LogP contribution >= 0.6 is 0 Å². The molecule has 0 aliphatic carbocycles. The first-order valence-corrected chi connectivity index (χ1v) is 8.99. The van der Waals surface area contributed by atoms with E-state index in [1.54, 1.807) is 0 Å². The molecule has 0 saturated carbocycles. The molecular formula is C23H21NO. The first-order chi connectivity index (χ1) is 12.4. The molecule has 1 N–H and O–H groups in total. The van der Waals surface area contributed by atoms with Crippen LogP contribution in [0.25, 0.3) is 0 Å². The number of para-hydroxylation sites is 1. The Hall–Kier alpha value is -2.58. The number of benzene rings is 3. The van der Waals surface area contributed by atoms with E-state index in [0.717, 1.165) is 12.4 Å². The van der Waals surface area contributed by atoms with Crippen molar-refractivity contribution in [3.8, 4) is 5.75 Å². The topological polar surface area (TPSA) is 21.3 Å². The van der Waals surface area contributed by atoms with Crippen LogP contribution in [0.4, 0.5) is 0 Å². The van der Waals surface area contributed by atoms with Gasteiger partial charge in [-0.1, -0.05) is 78.9 Å². The summed E-state index contributed by atoms with van der Waals surface area (Å²) in [5.41, 5.74) is 4.03. The van der Waals surface area contributed by atoms with Crippen molar-refractivity contribution in [1.82, 2.24) is 5.32 Å². The highest BCUT2D eigenvalue weighted by Gasteiger charge is 2.47. The second kappa shape index (κ2) is 6.05. The molecule has 1 saturated heterocycles. The zero-order chi connectivity index (χ0) is 16.6. The van der Waals surface area contributed by atoms with Crippen molar-refractivity contribution < 1.29 is 4.74 Å². The summed E-state index contributed by atoms with van der Waals surface area (Å²) in [6, 6.07) is 30.8. The fourth-order valence-electron chi connectivity index (χ4n) is 4.53. The first kappa shape index (κ1) is 14.7. The lowest BCUT2D eigenvalue weighted by molar-refractivity contribution is 0.193. The maximum atomic E-state index is 6.13. The fraction of sp³-hybridized carbons (Fsp3) is 0.217. The van der Waals surface area contributed by atoms with Crippen LogP contribution in [-0.2, 0) is 0 Å². The molecule has 3 aromatic carbocycles. The van der Waals surface area contributed by atoms with Crippen LogP contribution in [-0.4, -0.2) is 6.61 Å². The van der Waals surface area contributed by atoms with Gasteiger partial charge < -0.3 is 10.1 Å². The van der Waals surface area contributed by atoms with Crippen LogP contribution in [0.5, 0.6) is 5.75 Å². The van der Waals surface area contributed by atoms with Crippen molar-refractivity contribution in [3.05, 3.63) is 102 Å². The molecule has 5 rings (SSSR count). The summed E-state index contributed by atoms with van der Waals surface area (Å²) < 4.78 is 6.13. The van der Waals surface area contributed by atoms with Crippen LogP contribution in [0.1, 0.15) is 34.7 Å². The Bertz CT molecular complexity index is 862. The number of hydrogen-bond acceptors (Lipinski definition) is 2. The third-order valence-corrected chi connectivity index (χ3v) is 5.64. The third-order valence-electron chi connectivity index (χ3n) is 5.64. The Morgan fingerprint density at radius 1 is 0.680 bits per heavy atom. The number of hydrogen-bond donors (Lipinski definition) is 1. The Balaban J connectivity index is 1.62. The van der Waals surface area contributed by atoms with E-state index in [0.29, 0.717) is 23.9 Å². The van der Waals surface area contributed by atoms with Crippen molar-refractivity contribution in [3.63, 3.8) is 0 Å². The fourth-order valence-corrected chi connectivity index (χ4v) is 4.53. The molecule has 2 heterocycles. The Kier molecular flexibility index (Phi) is 3.57. The van der Waals surface area contributed by atoms with E-state index in [4.69, 9.17) is 4.74 Å². The van der Waals surface area contributed by atoms with E-state index in [1.807, 2.05) is 0 Å². The highest BCUT2D eigenvalue weighted by atomic mass is 16.5. The predicted molar refractivity (Wildman–Crippen MR) is 99.7 cm³/mol. The summed E-state index contributed by atoms with van der Waals surface area (Å²) in [5.74, 6) is 1.86. The Labute approximate surface area is 148 Å². The van der Waals surface area contributed by atoms with E-state index in [9.17, 15) is 0 Å². The molecule has 1 fully saturated rings. The van der Waals surface area contributed by atoms with Gasteiger partial charge in [0.2, 0.25) is 0 Å². The normalized spacial score (nSPS) is 27.2. The Morgan fingerprint density at radius 2 is 1.32 bits per heavy atom. The average Bonchev–Trinajstić information content (AvgIpc) is 3.09. The minimum absolute atomic E-state index is 0.299. The second-order valence-electron chi connectivity index (χ2n) is 6.98. The number of ether oxygens (including phenoxy) is 1. The molecule has 2 aliphatic rings. The number of fused-ring (bicyclic) bond motifs is 3. The Morgan fingerprint density at radius 3 is 2.08 bits per heavy atom. The van der Waals surface area contributed by atoms with Gasteiger partial charge in [0, 0.05) is 29.5 Å². The lowest BCUT2D eigenvalue weighted by Crippen LogP contribution is -2.28. The van der Waals surface area contributed by atoms with Gasteiger partial charge in [-0.15, -0.1) is 0 Å². The molecule has 124 valence electrons. The molecule has 3 aromatic rings. The smallest absolute Gasteiger partial charge is 0.124 e. The van der Waals surface area contributed by atoms with Gasteiger partial charge in [0.15, 0.2) is 0 Å². The van der Waals surface area contributed by atoms with Gasteiger partial charge in [-0.25, -0.2) is 0 Å². The van der Waals surface area contributed by atoms with Crippen molar-refractivity contribution in [1.29, 1.82) is 0 Å². The average molecular weight is 327 g/mol. The third kappa shape index (κ3) is 2.45. The van der Waals surface area contributed by atoms with Gasteiger partial charge in [-0.2, -0.15) is 0 Å². The predicted octanol–water partition coefficient (Wildman–Crippen LogP) is 4.86. The molecule has 0 spiro atoms. The lowest BCUT2D eigenvalue weighted by Gasteiger charge is -2.31. The monoisotopic (exact) mass is 327 g/mol. The van der Waals surface area contributed by atoms with Gasteiger partial charge >= 0.3 is 0 Å². The zero-order valence-corrected chi connectivity index (χ0v) is 14.0. The molecule has 0 amide bonds. The van der Waals surface area contributed by atoms with Crippen LogP contribution < -0.4 is 10.1 Å². The molecule has 0 radical (unpaired) electrons. The van der Waals surface area contributed by atoms with E-state index < -0.39 is 0 Å². The molecule has 2 heteroatoms. The van der Waals surface area contributed by atoms with Crippen LogP contribution in [0.15, 0.2) is 84.9 Å². The summed E-state index contributed by atoms with van der Waals surface area (Å²) in [7, 11) is 0. The molecule has 2 aliphatic heterocycles. The van der Waals surface area contributed by atoms with Crippen molar-refractivity contribution >= 4 is 0 Å². The molecule has 0 aromatic heterocycles. The van der Waals surface area contributed by atoms with Crippen LogP contribution in [0.3, 0.4) is 0 Å². The summed E-state index contributed by atoms with van der Waals surface area (Å²) in [4.78, 5) is 0. The van der Waals surface area contributed by atoms with E-state index in [-0.39, 0.29) is 0 Å². The molecule has 2 nitrogen and oxygen atoms in total. The zero-order valence-electron chi connectivity index (χ0n) is 14.0. The van der Waals surface area contributed by atoms with Crippen molar-refractivity contribution in [2.24, 2.45) is 5.92 Å². The minimum Gasteiger partial charge on any atom is -0.493 e. The summed E-state index contributed by atoms with van der Waals surface area (Å²) in [5, 5.41) is 3.93. The second-order valence-corrected chi connectivity index (χ2v) is 6.98. The SMILES string of the molecule is c1ccc([C@@H]2[C@H]3COc4ccccc4[C@@H]3N[C@@H]2c2ccccc2)cc1. The molecular weight excluding hydrogens is 306 g/mol. The maximum Gasteiger partial charge on any atom is 0.124 e. The quantitative estimate of drug-likeness (QED) is 0.725. The standard InChI is InChI=1S/C23H21NO/c1-3-9-16(10-4-1)21-19-15-25-20-14-8-7-13-18(20)23(19)24-22(21)17-11-5-2-6-12-17/h1-14,19,21-24H,15H2/t19-,21-,22-,23+/m1/s1. The van der Waals surface area contributed by atoms with E-state index >= 15 is 0 Å². The lowest BCUT2D eigenvalue weighted by atomic mass is 9.78. The molecule has 25 heavy (non-hydrogen) atoms. The van der Waals surface area contributed by atoms with Gasteiger partial charge in [0.25, 0.3) is 0 Å². The largest absolute Gasteiger partial charge is 0.493 e. The molecule has 0 bridgehead atoms. The van der Waals surface area contributed by atoms with Gasteiger partial charge in [-0.05, 0) is 17.2 Å². The van der Waals surface area contributed by atoms with Crippen molar-refractivity contribution in [2.75, 3.05) is 6.61 Å². The summed E-state index contributed by atoms with van der Waals surface area (Å²) >= 11 is 0. The molecule has 0 unspecified atom stereocenters. The minimum atomic E-state index is 0.299. The van der Waals surface area contributed by atoms with Gasteiger partial charge in [0.05, 0.1) is 6.61 Å². The number of rotatable bonds is 2. The first-order valence-electron chi connectivity index (χ1n) is 8.99. The maximum absolute atomic E-state index is 6.13.